The zero-order chi connectivity index (χ0) is 16.7. The molecule has 122 valence electrons. The Labute approximate surface area is 139 Å². The Kier molecular flexibility index (Phi) is 6.38. The second-order valence-corrected chi connectivity index (χ2v) is 5.48. The number of nitrogens with zero attached hydrogens (tertiary/aromatic N) is 1. The summed E-state index contributed by atoms with van der Waals surface area (Å²) in [5.74, 6) is 0.118. The van der Waals surface area contributed by atoms with E-state index >= 15 is 0 Å². The summed E-state index contributed by atoms with van der Waals surface area (Å²) in [7, 11) is 1.82. The van der Waals surface area contributed by atoms with Gasteiger partial charge < -0.3 is 10.1 Å². The van der Waals surface area contributed by atoms with Crippen LogP contribution in [0, 0.1) is 5.82 Å². The molecule has 0 aromatic heterocycles. The van der Waals surface area contributed by atoms with Crippen molar-refractivity contribution in [2.24, 2.45) is 0 Å². The lowest BCUT2D eigenvalue weighted by atomic mass is 10.3. The highest BCUT2D eigenvalue weighted by molar-refractivity contribution is 6.32. The molecular weight excluding hydrogens is 319 g/mol. The Balaban J connectivity index is 1.71. The van der Waals surface area contributed by atoms with E-state index in [1.54, 1.807) is 12.1 Å². The Morgan fingerprint density at radius 1 is 1.22 bits per heavy atom. The summed E-state index contributed by atoms with van der Waals surface area (Å²) in [4.78, 5) is 13.7. The van der Waals surface area contributed by atoms with Gasteiger partial charge in [0.1, 0.15) is 18.2 Å². The molecule has 0 radical (unpaired) electrons. The number of hydrogen-bond donors (Lipinski definition) is 1. The minimum atomic E-state index is -0.336. The molecule has 2 aromatic rings. The van der Waals surface area contributed by atoms with Gasteiger partial charge in [0.25, 0.3) is 0 Å². The number of carbonyl (C=O) groups is 1. The van der Waals surface area contributed by atoms with Crippen LogP contribution in [0.1, 0.15) is 0 Å². The van der Waals surface area contributed by atoms with Gasteiger partial charge in [-0.25, -0.2) is 4.39 Å². The van der Waals surface area contributed by atoms with Crippen LogP contribution in [0.4, 0.5) is 10.1 Å². The van der Waals surface area contributed by atoms with E-state index in [2.05, 4.69) is 5.32 Å². The maximum atomic E-state index is 12.8. The minimum Gasteiger partial charge on any atom is -0.491 e. The summed E-state index contributed by atoms with van der Waals surface area (Å²) >= 11 is 6.00. The smallest absolute Gasteiger partial charge is 0.238 e. The highest BCUT2D eigenvalue weighted by atomic mass is 35.5. The molecule has 2 aromatic carbocycles. The van der Waals surface area contributed by atoms with Crippen molar-refractivity contribution >= 4 is 23.2 Å². The summed E-state index contributed by atoms with van der Waals surface area (Å²) in [5, 5.41) is 3.27. The van der Waals surface area contributed by atoms with E-state index in [1.807, 2.05) is 24.1 Å². The molecule has 0 bridgehead atoms. The molecule has 2 rings (SSSR count). The van der Waals surface area contributed by atoms with E-state index in [-0.39, 0.29) is 18.3 Å². The highest BCUT2D eigenvalue weighted by Crippen LogP contribution is 2.22. The summed E-state index contributed by atoms with van der Waals surface area (Å²) in [6.45, 7) is 1.20. The van der Waals surface area contributed by atoms with Gasteiger partial charge >= 0.3 is 0 Å². The molecule has 0 spiro atoms. The highest BCUT2D eigenvalue weighted by Gasteiger charge is 2.08. The molecule has 0 saturated carbocycles. The molecule has 0 aliphatic rings. The number of amides is 1. The van der Waals surface area contributed by atoms with Gasteiger partial charge in [-0.3, -0.25) is 9.69 Å². The third-order valence-corrected chi connectivity index (χ3v) is 3.42. The largest absolute Gasteiger partial charge is 0.491 e. The van der Waals surface area contributed by atoms with Gasteiger partial charge in [0.2, 0.25) is 5.91 Å². The molecular formula is C17H18ClFN2O2. The third kappa shape index (κ3) is 5.88. The van der Waals surface area contributed by atoms with Crippen molar-refractivity contribution < 1.29 is 13.9 Å². The minimum absolute atomic E-state index is 0.170. The summed E-state index contributed by atoms with van der Waals surface area (Å²) in [5.41, 5.74) is 0.567. The Morgan fingerprint density at radius 3 is 2.61 bits per heavy atom. The van der Waals surface area contributed by atoms with Gasteiger partial charge in [0.15, 0.2) is 0 Å². The number of hydrogen-bond acceptors (Lipinski definition) is 3. The number of benzene rings is 2. The fraction of sp³-hybridized carbons (Fsp3) is 0.235. The Bertz CT molecular complexity index is 649. The number of carbonyl (C=O) groups excluding carboxylic acids is 1. The standard InChI is InChI=1S/C17H18ClFN2O2/c1-21(10-11-23-16-5-3-2-4-15(16)18)12-17(22)20-14-8-6-13(19)7-9-14/h2-9H,10-12H2,1H3,(H,20,22). The van der Waals surface area contributed by atoms with Crippen molar-refractivity contribution in [1.29, 1.82) is 0 Å². The maximum Gasteiger partial charge on any atom is 0.238 e. The average Bonchev–Trinajstić information content (AvgIpc) is 2.51. The maximum absolute atomic E-state index is 12.8. The van der Waals surface area contributed by atoms with Crippen molar-refractivity contribution in [2.75, 3.05) is 32.1 Å². The van der Waals surface area contributed by atoms with Gasteiger partial charge in [0.05, 0.1) is 11.6 Å². The van der Waals surface area contributed by atoms with Crippen molar-refractivity contribution in [3.8, 4) is 5.75 Å². The van der Waals surface area contributed by atoms with Crippen LogP contribution in [0.25, 0.3) is 0 Å². The number of rotatable bonds is 7. The van der Waals surface area contributed by atoms with Crippen LogP contribution in [0.2, 0.25) is 5.02 Å². The van der Waals surface area contributed by atoms with Gasteiger partial charge in [-0.15, -0.1) is 0 Å². The van der Waals surface area contributed by atoms with Crippen LogP contribution in [0.5, 0.6) is 5.75 Å². The van der Waals surface area contributed by atoms with E-state index in [1.165, 1.54) is 24.3 Å². The molecule has 0 atom stereocenters. The molecule has 23 heavy (non-hydrogen) atoms. The Hall–Kier alpha value is -2.11. The van der Waals surface area contributed by atoms with Crippen LogP contribution in [0.15, 0.2) is 48.5 Å². The lowest BCUT2D eigenvalue weighted by molar-refractivity contribution is -0.117. The molecule has 0 aliphatic heterocycles. The SMILES string of the molecule is CN(CCOc1ccccc1Cl)CC(=O)Nc1ccc(F)cc1. The second-order valence-electron chi connectivity index (χ2n) is 5.07. The normalized spacial score (nSPS) is 10.6. The first-order valence-corrected chi connectivity index (χ1v) is 7.53. The number of anilines is 1. The van der Waals surface area contributed by atoms with E-state index < -0.39 is 0 Å². The number of ether oxygens (including phenoxy) is 1. The van der Waals surface area contributed by atoms with Gasteiger partial charge in [0, 0.05) is 12.2 Å². The molecule has 0 fully saturated rings. The van der Waals surface area contributed by atoms with Gasteiger partial charge in [-0.2, -0.15) is 0 Å². The molecule has 0 saturated heterocycles. The predicted molar refractivity (Wildman–Crippen MR) is 89.5 cm³/mol. The molecule has 0 unspecified atom stereocenters. The molecule has 0 aliphatic carbocycles. The zero-order valence-electron chi connectivity index (χ0n) is 12.8. The monoisotopic (exact) mass is 336 g/mol. The summed E-state index contributed by atoms with van der Waals surface area (Å²) in [6.07, 6.45) is 0. The van der Waals surface area contributed by atoms with Crippen LogP contribution < -0.4 is 10.1 Å². The lowest BCUT2D eigenvalue weighted by Gasteiger charge is -2.17. The predicted octanol–water partition coefficient (Wildman–Crippen LogP) is 3.43. The average molecular weight is 337 g/mol. The first kappa shape index (κ1) is 17.2. The quantitative estimate of drug-likeness (QED) is 0.842. The van der Waals surface area contributed by atoms with E-state index in [4.69, 9.17) is 16.3 Å². The van der Waals surface area contributed by atoms with Crippen molar-refractivity contribution in [1.82, 2.24) is 4.90 Å². The first-order valence-electron chi connectivity index (χ1n) is 7.16. The van der Waals surface area contributed by atoms with Crippen LogP contribution in [-0.2, 0) is 4.79 Å². The van der Waals surface area contributed by atoms with E-state index in [0.29, 0.717) is 29.6 Å². The van der Waals surface area contributed by atoms with E-state index in [9.17, 15) is 9.18 Å². The van der Waals surface area contributed by atoms with Crippen LogP contribution in [0.3, 0.4) is 0 Å². The Morgan fingerprint density at radius 2 is 1.91 bits per heavy atom. The molecule has 1 N–H and O–H groups in total. The second kappa shape index (κ2) is 8.50. The van der Waals surface area contributed by atoms with E-state index in [0.717, 1.165) is 0 Å². The number of nitrogens with one attached hydrogen (secondary N) is 1. The third-order valence-electron chi connectivity index (χ3n) is 3.11. The topological polar surface area (TPSA) is 41.6 Å². The fourth-order valence-corrected chi connectivity index (χ4v) is 2.12. The fourth-order valence-electron chi connectivity index (χ4n) is 1.93. The summed E-state index contributed by atoms with van der Waals surface area (Å²) in [6, 6.07) is 12.9. The van der Waals surface area contributed by atoms with Crippen molar-refractivity contribution in [3.63, 3.8) is 0 Å². The lowest BCUT2D eigenvalue weighted by Crippen LogP contribution is -2.33. The first-order chi connectivity index (χ1) is 11.0. The molecule has 4 nitrogen and oxygen atoms in total. The van der Waals surface area contributed by atoms with Gasteiger partial charge in [-0.05, 0) is 43.4 Å². The zero-order valence-corrected chi connectivity index (χ0v) is 13.5. The molecule has 0 heterocycles. The number of likely N-dealkylation sites (N-methyl/N-ethyl adjacent to an activating group) is 1. The van der Waals surface area contributed by atoms with Crippen molar-refractivity contribution in [3.05, 3.63) is 59.4 Å². The number of para-hydroxylation sites is 1. The molecule has 6 heteroatoms. The summed E-state index contributed by atoms with van der Waals surface area (Å²) < 4.78 is 18.4. The van der Waals surface area contributed by atoms with Crippen LogP contribution in [-0.4, -0.2) is 37.6 Å². The molecule has 1 amide bonds. The van der Waals surface area contributed by atoms with Crippen molar-refractivity contribution in [2.45, 2.75) is 0 Å². The number of halogens is 2. The van der Waals surface area contributed by atoms with Gasteiger partial charge in [-0.1, -0.05) is 23.7 Å². The van der Waals surface area contributed by atoms with Crippen LogP contribution >= 0.6 is 11.6 Å².